The van der Waals surface area contributed by atoms with Crippen molar-refractivity contribution in [1.82, 2.24) is 0 Å². The SMILES string of the molecule is C=CCc1cc(CNc2ccccc2C)cc(OCC)c1OS(=O)(=O)c1ccc(Cl)cc1. The molecule has 0 spiro atoms. The van der Waals surface area contributed by atoms with E-state index in [9.17, 15) is 8.42 Å². The van der Waals surface area contributed by atoms with Gasteiger partial charge in [0.15, 0.2) is 11.5 Å². The number of anilines is 1. The van der Waals surface area contributed by atoms with Crippen molar-refractivity contribution in [3.05, 3.63) is 95.0 Å². The number of hydrogen-bond acceptors (Lipinski definition) is 5. The Labute approximate surface area is 194 Å². The normalized spacial score (nSPS) is 11.1. The zero-order chi connectivity index (χ0) is 23.1. The number of nitrogens with one attached hydrogen (secondary N) is 1. The Hall–Kier alpha value is -2.96. The minimum Gasteiger partial charge on any atom is -0.490 e. The Morgan fingerprint density at radius 2 is 1.81 bits per heavy atom. The minimum absolute atomic E-state index is 0.0131. The summed E-state index contributed by atoms with van der Waals surface area (Å²) in [7, 11) is -4.07. The number of benzene rings is 3. The van der Waals surface area contributed by atoms with Gasteiger partial charge in [-0.1, -0.05) is 35.9 Å². The van der Waals surface area contributed by atoms with Crippen LogP contribution in [0.1, 0.15) is 23.6 Å². The highest BCUT2D eigenvalue weighted by Gasteiger charge is 2.22. The van der Waals surface area contributed by atoms with Crippen LogP contribution in [0.4, 0.5) is 5.69 Å². The lowest BCUT2D eigenvalue weighted by Gasteiger charge is -2.18. The molecule has 0 saturated carbocycles. The van der Waals surface area contributed by atoms with Gasteiger partial charge in [-0.05, 0) is 73.9 Å². The summed E-state index contributed by atoms with van der Waals surface area (Å²) in [5.41, 5.74) is 3.77. The molecule has 0 atom stereocenters. The van der Waals surface area contributed by atoms with E-state index in [1.807, 2.05) is 44.2 Å². The number of halogens is 1. The van der Waals surface area contributed by atoms with Gasteiger partial charge in [-0.2, -0.15) is 8.42 Å². The lowest BCUT2D eigenvalue weighted by molar-refractivity contribution is 0.326. The van der Waals surface area contributed by atoms with E-state index in [-0.39, 0.29) is 10.6 Å². The summed E-state index contributed by atoms with van der Waals surface area (Å²) < 4.78 is 37.1. The third-order valence-corrected chi connectivity index (χ3v) is 6.27. The standard InChI is InChI=1S/C25H26ClNO4S/c1-4-8-20-15-19(17-27-23-10-7-6-9-18(23)3)16-24(30-5-2)25(20)31-32(28,29)22-13-11-21(26)12-14-22/h4,6-7,9-16,27H,1,5,8,17H2,2-3H3. The molecule has 3 aromatic carbocycles. The van der Waals surface area contributed by atoms with Crippen LogP contribution < -0.4 is 14.2 Å². The van der Waals surface area contributed by atoms with Crippen molar-refractivity contribution in [1.29, 1.82) is 0 Å². The molecule has 3 rings (SSSR count). The summed E-state index contributed by atoms with van der Waals surface area (Å²) in [6.45, 7) is 8.57. The van der Waals surface area contributed by atoms with Crippen LogP contribution in [-0.4, -0.2) is 15.0 Å². The lowest BCUT2D eigenvalue weighted by Crippen LogP contribution is -2.13. The van der Waals surface area contributed by atoms with E-state index in [2.05, 4.69) is 11.9 Å². The first kappa shape index (κ1) is 23.7. The predicted molar refractivity (Wildman–Crippen MR) is 129 cm³/mol. The molecule has 0 aromatic heterocycles. The predicted octanol–water partition coefficient (Wildman–Crippen LogP) is 6.16. The second kappa shape index (κ2) is 10.6. The summed E-state index contributed by atoms with van der Waals surface area (Å²) in [6, 6.07) is 17.5. The monoisotopic (exact) mass is 471 g/mol. The van der Waals surface area contributed by atoms with Crippen molar-refractivity contribution in [3.63, 3.8) is 0 Å². The van der Waals surface area contributed by atoms with E-state index in [0.717, 1.165) is 16.8 Å². The fourth-order valence-electron chi connectivity index (χ4n) is 3.22. The molecule has 0 aliphatic heterocycles. The zero-order valence-corrected chi connectivity index (χ0v) is 19.7. The summed E-state index contributed by atoms with van der Waals surface area (Å²) >= 11 is 5.88. The Morgan fingerprint density at radius 3 is 2.47 bits per heavy atom. The van der Waals surface area contributed by atoms with Gasteiger partial charge >= 0.3 is 10.1 Å². The molecule has 3 aromatic rings. The number of aryl methyl sites for hydroxylation is 1. The van der Waals surface area contributed by atoms with Crippen LogP contribution in [0.5, 0.6) is 11.5 Å². The fourth-order valence-corrected chi connectivity index (χ4v) is 4.32. The second-order valence-electron chi connectivity index (χ2n) is 7.17. The van der Waals surface area contributed by atoms with Gasteiger partial charge in [0.2, 0.25) is 0 Å². The summed E-state index contributed by atoms with van der Waals surface area (Å²) in [5.74, 6) is 0.535. The maximum absolute atomic E-state index is 12.9. The number of hydrogen-bond donors (Lipinski definition) is 1. The Bertz CT molecular complexity index is 1190. The largest absolute Gasteiger partial charge is 0.490 e. The number of para-hydroxylation sites is 1. The van der Waals surface area contributed by atoms with Crippen LogP contribution in [0, 0.1) is 6.92 Å². The molecule has 32 heavy (non-hydrogen) atoms. The Kier molecular flexibility index (Phi) is 7.83. The van der Waals surface area contributed by atoms with Gasteiger partial charge in [0, 0.05) is 22.8 Å². The van der Waals surface area contributed by atoms with E-state index in [1.54, 1.807) is 12.1 Å². The summed E-state index contributed by atoms with van der Waals surface area (Å²) in [4.78, 5) is 0.0131. The van der Waals surface area contributed by atoms with Gasteiger partial charge in [0.05, 0.1) is 6.61 Å². The average Bonchev–Trinajstić information content (AvgIpc) is 2.76. The van der Waals surface area contributed by atoms with Crippen molar-refractivity contribution in [3.8, 4) is 11.5 Å². The lowest BCUT2D eigenvalue weighted by atomic mass is 10.1. The molecule has 5 nitrogen and oxygen atoms in total. The first-order valence-electron chi connectivity index (χ1n) is 10.2. The fraction of sp³-hybridized carbons (Fsp3) is 0.200. The molecule has 0 bridgehead atoms. The third kappa shape index (κ3) is 5.84. The highest BCUT2D eigenvalue weighted by molar-refractivity contribution is 7.87. The highest BCUT2D eigenvalue weighted by Crippen LogP contribution is 2.36. The Morgan fingerprint density at radius 1 is 1.09 bits per heavy atom. The molecule has 1 N–H and O–H groups in total. The van der Waals surface area contributed by atoms with E-state index < -0.39 is 10.1 Å². The maximum atomic E-state index is 12.9. The molecule has 0 fully saturated rings. The first-order valence-corrected chi connectivity index (χ1v) is 12.0. The first-order chi connectivity index (χ1) is 15.3. The van der Waals surface area contributed by atoms with E-state index in [4.69, 9.17) is 20.5 Å². The molecule has 168 valence electrons. The van der Waals surface area contributed by atoms with Crippen LogP contribution in [0.2, 0.25) is 5.02 Å². The smallest absolute Gasteiger partial charge is 0.339 e. The number of rotatable bonds is 10. The van der Waals surface area contributed by atoms with Gasteiger partial charge in [0.1, 0.15) is 4.90 Å². The summed E-state index contributed by atoms with van der Waals surface area (Å²) in [6.07, 6.45) is 2.12. The summed E-state index contributed by atoms with van der Waals surface area (Å²) in [5, 5.41) is 3.86. The van der Waals surface area contributed by atoms with E-state index >= 15 is 0 Å². The number of allylic oxidation sites excluding steroid dienone is 1. The third-order valence-electron chi connectivity index (χ3n) is 4.78. The zero-order valence-electron chi connectivity index (χ0n) is 18.1. The number of ether oxygens (including phenoxy) is 1. The minimum atomic E-state index is -4.07. The molecule has 0 aliphatic rings. The van der Waals surface area contributed by atoms with Crippen molar-refractivity contribution >= 4 is 27.4 Å². The van der Waals surface area contributed by atoms with E-state index in [0.29, 0.717) is 35.9 Å². The topological polar surface area (TPSA) is 64.6 Å². The van der Waals surface area contributed by atoms with Crippen LogP contribution in [0.25, 0.3) is 0 Å². The van der Waals surface area contributed by atoms with Crippen molar-refractivity contribution < 1.29 is 17.3 Å². The van der Waals surface area contributed by atoms with Gasteiger partial charge < -0.3 is 14.2 Å². The van der Waals surface area contributed by atoms with Gasteiger partial charge in [0.25, 0.3) is 0 Å². The van der Waals surface area contributed by atoms with Gasteiger partial charge in [-0.15, -0.1) is 6.58 Å². The van der Waals surface area contributed by atoms with Crippen LogP contribution in [-0.2, 0) is 23.1 Å². The Balaban J connectivity index is 1.96. The van der Waals surface area contributed by atoms with Crippen molar-refractivity contribution in [2.75, 3.05) is 11.9 Å². The molecule has 0 unspecified atom stereocenters. The molecular weight excluding hydrogens is 446 g/mol. The second-order valence-corrected chi connectivity index (χ2v) is 9.15. The quantitative estimate of drug-likeness (QED) is 0.283. The molecule has 7 heteroatoms. The van der Waals surface area contributed by atoms with Crippen LogP contribution in [0.15, 0.2) is 78.2 Å². The van der Waals surface area contributed by atoms with E-state index in [1.165, 1.54) is 24.3 Å². The maximum Gasteiger partial charge on any atom is 0.339 e. The molecule has 0 radical (unpaired) electrons. The molecule has 0 amide bonds. The van der Waals surface area contributed by atoms with Crippen molar-refractivity contribution in [2.24, 2.45) is 0 Å². The van der Waals surface area contributed by atoms with Crippen LogP contribution in [0.3, 0.4) is 0 Å². The average molecular weight is 472 g/mol. The molecule has 0 heterocycles. The molecule has 0 saturated heterocycles. The molecular formula is C25H26ClNO4S. The van der Waals surface area contributed by atoms with Gasteiger partial charge in [-0.3, -0.25) is 0 Å². The molecule has 0 aliphatic carbocycles. The van der Waals surface area contributed by atoms with Crippen molar-refractivity contribution in [2.45, 2.75) is 31.7 Å². The highest BCUT2D eigenvalue weighted by atomic mass is 35.5. The van der Waals surface area contributed by atoms with Gasteiger partial charge in [-0.25, -0.2) is 0 Å². The van der Waals surface area contributed by atoms with Crippen LogP contribution >= 0.6 is 11.6 Å².